The predicted octanol–water partition coefficient (Wildman–Crippen LogP) is 2.20. The van der Waals surface area contributed by atoms with Gasteiger partial charge < -0.3 is 11.1 Å². The van der Waals surface area contributed by atoms with E-state index in [1.807, 2.05) is 6.07 Å². The van der Waals surface area contributed by atoms with Gasteiger partial charge in [0.15, 0.2) is 0 Å². The maximum atomic E-state index is 13.4. The fourth-order valence-electron chi connectivity index (χ4n) is 2.57. The molecule has 2 amide bonds. The summed E-state index contributed by atoms with van der Waals surface area (Å²) in [6.45, 7) is -0.681. The standard InChI is InChI=1S/C16H14FN3O2/c17-6-10-5-14-9(1-2-15(21)20-14)4-13(10)11-3-12(16(18)22)8-19-7-11/h3-5,7-8H,1-2,6H2,(H2,18,22)(H,20,21). The van der Waals surface area contributed by atoms with Crippen LogP contribution in [0.3, 0.4) is 0 Å². The van der Waals surface area contributed by atoms with Crippen LogP contribution in [0.5, 0.6) is 0 Å². The van der Waals surface area contributed by atoms with Gasteiger partial charge in [-0.25, -0.2) is 4.39 Å². The van der Waals surface area contributed by atoms with Crippen LogP contribution in [0.4, 0.5) is 10.1 Å². The Balaban J connectivity index is 2.12. The number of aromatic nitrogens is 1. The average Bonchev–Trinajstić information content (AvgIpc) is 2.53. The molecule has 0 atom stereocenters. The molecule has 0 saturated heterocycles. The number of benzene rings is 1. The maximum Gasteiger partial charge on any atom is 0.250 e. The van der Waals surface area contributed by atoms with Crippen molar-refractivity contribution in [1.29, 1.82) is 0 Å². The quantitative estimate of drug-likeness (QED) is 0.911. The summed E-state index contributed by atoms with van der Waals surface area (Å²) in [4.78, 5) is 26.7. The van der Waals surface area contributed by atoms with Gasteiger partial charge in [-0.15, -0.1) is 0 Å². The SMILES string of the molecule is NC(=O)c1cncc(-c2cc3c(cc2CF)NC(=O)CC3)c1. The number of carbonyl (C=O) groups excluding carboxylic acids is 2. The lowest BCUT2D eigenvalue weighted by Gasteiger charge is -2.20. The van der Waals surface area contributed by atoms with Crippen molar-refractivity contribution in [3.8, 4) is 11.1 Å². The van der Waals surface area contributed by atoms with E-state index in [1.54, 1.807) is 18.3 Å². The number of anilines is 1. The molecule has 0 fully saturated rings. The van der Waals surface area contributed by atoms with Crippen molar-refractivity contribution < 1.29 is 14.0 Å². The molecule has 3 N–H and O–H groups in total. The highest BCUT2D eigenvalue weighted by Crippen LogP contribution is 2.33. The molecule has 3 rings (SSSR count). The molecule has 1 aromatic heterocycles. The number of hydrogen-bond donors (Lipinski definition) is 2. The Morgan fingerprint density at radius 1 is 1.27 bits per heavy atom. The van der Waals surface area contributed by atoms with E-state index in [0.29, 0.717) is 35.2 Å². The van der Waals surface area contributed by atoms with Crippen LogP contribution in [0.1, 0.15) is 27.9 Å². The average molecular weight is 299 g/mol. The number of pyridine rings is 1. The monoisotopic (exact) mass is 299 g/mol. The van der Waals surface area contributed by atoms with Gasteiger partial charge in [0.25, 0.3) is 0 Å². The third-order valence-electron chi connectivity index (χ3n) is 3.70. The molecule has 112 valence electrons. The van der Waals surface area contributed by atoms with Gasteiger partial charge in [0, 0.05) is 30.1 Å². The molecule has 1 aromatic carbocycles. The van der Waals surface area contributed by atoms with Crippen LogP contribution in [0, 0.1) is 0 Å². The number of primary amides is 1. The maximum absolute atomic E-state index is 13.4. The number of fused-ring (bicyclic) bond motifs is 1. The van der Waals surface area contributed by atoms with E-state index in [4.69, 9.17) is 5.73 Å². The summed E-state index contributed by atoms with van der Waals surface area (Å²) in [5.74, 6) is -0.649. The molecule has 1 aliphatic rings. The Kier molecular flexibility index (Phi) is 3.58. The van der Waals surface area contributed by atoms with Gasteiger partial charge in [0.1, 0.15) is 6.67 Å². The van der Waals surface area contributed by atoms with Crippen LogP contribution in [-0.4, -0.2) is 16.8 Å². The van der Waals surface area contributed by atoms with E-state index in [0.717, 1.165) is 5.56 Å². The van der Waals surface area contributed by atoms with Crippen molar-refractivity contribution in [2.45, 2.75) is 19.5 Å². The van der Waals surface area contributed by atoms with Crippen LogP contribution < -0.4 is 11.1 Å². The van der Waals surface area contributed by atoms with E-state index in [1.165, 1.54) is 6.20 Å². The van der Waals surface area contributed by atoms with Crippen LogP contribution in [-0.2, 0) is 17.9 Å². The summed E-state index contributed by atoms with van der Waals surface area (Å²) in [6.07, 6.45) is 3.94. The molecule has 0 radical (unpaired) electrons. The Labute approximate surface area is 126 Å². The van der Waals surface area contributed by atoms with Crippen molar-refractivity contribution in [3.05, 3.63) is 47.3 Å². The van der Waals surface area contributed by atoms with Gasteiger partial charge in [0.05, 0.1) is 5.56 Å². The zero-order valence-electron chi connectivity index (χ0n) is 11.7. The van der Waals surface area contributed by atoms with E-state index in [-0.39, 0.29) is 11.5 Å². The molecule has 22 heavy (non-hydrogen) atoms. The number of amides is 2. The van der Waals surface area contributed by atoms with E-state index in [2.05, 4.69) is 10.3 Å². The summed E-state index contributed by atoms with van der Waals surface area (Å²) in [5.41, 5.74) is 8.84. The van der Waals surface area contributed by atoms with Gasteiger partial charge in [-0.05, 0) is 41.3 Å². The lowest BCUT2D eigenvalue weighted by molar-refractivity contribution is -0.116. The highest BCUT2D eigenvalue weighted by atomic mass is 19.1. The molecular formula is C16H14FN3O2. The van der Waals surface area contributed by atoms with Crippen molar-refractivity contribution in [1.82, 2.24) is 4.98 Å². The number of aryl methyl sites for hydroxylation is 1. The topological polar surface area (TPSA) is 85.1 Å². The number of alkyl halides is 1. The molecule has 1 aliphatic heterocycles. The molecule has 0 bridgehead atoms. The first-order valence-corrected chi connectivity index (χ1v) is 6.85. The largest absolute Gasteiger partial charge is 0.366 e. The highest BCUT2D eigenvalue weighted by molar-refractivity contribution is 5.96. The highest BCUT2D eigenvalue weighted by Gasteiger charge is 2.18. The zero-order chi connectivity index (χ0) is 15.7. The predicted molar refractivity (Wildman–Crippen MR) is 80.0 cm³/mol. The molecule has 0 saturated carbocycles. The lowest BCUT2D eigenvalue weighted by Crippen LogP contribution is -2.19. The summed E-state index contributed by atoms with van der Waals surface area (Å²) in [7, 11) is 0. The zero-order valence-corrected chi connectivity index (χ0v) is 11.7. The van der Waals surface area contributed by atoms with Crippen molar-refractivity contribution in [2.75, 3.05) is 5.32 Å². The van der Waals surface area contributed by atoms with Crippen LogP contribution in [0.15, 0.2) is 30.6 Å². The molecule has 6 heteroatoms. The second kappa shape index (κ2) is 5.55. The number of rotatable bonds is 3. The molecule has 0 aliphatic carbocycles. The van der Waals surface area contributed by atoms with Gasteiger partial charge in [-0.1, -0.05) is 0 Å². The first-order valence-electron chi connectivity index (χ1n) is 6.85. The fraction of sp³-hybridized carbons (Fsp3) is 0.188. The summed E-state index contributed by atoms with van der Waals surface area (Å²) >= 11 is 0. The Morgan fingerprint density at radius 2 is 2.09 bits per heavy atom. The van der Waals surface area contributed by atoms with Gasteiger partial charge in [-0.3, -0.25) is 14.6 Å². The van der Waals surface area contributed by atoms with Crippen molar-refractivity contribution in [3.63, 3.8) is 0 Å². The lowest BCUT2D eigenvalue weighted by atomic mass is 9.93. The number of nitrogens with zero attached hydrogens (tertiary/aromatic N) is 1. The third-order valence-corrected chi connectivity index (χ3v) is 3.70. The Bertz CT molecular complexity index is 774. The fourth-order valence-corrected chi connectivity index (χ4v) is 2.57. The minimum absolute atomic E-state index is 0.0672. The number of halogens is 1. The molecule has 2 heterocycles. The molecular weight excluding hydrogens is 285 g/mol. The molecule has 5 nitrogen and oxygen atoms in total. The Morgan fingerprint density at radius 3 is 2.82 bits per heavy atom. The van der Waals surface area contributed by atoms with Crippen molar-refractivity contribution >= 4 is 17.5 Å². The minimum atomic E-state index is -0.681. The van der Waals surface area contributed by atoms with E-state index < -0.39 is 12.6 Å². The summed E-state index contributed by atoms with van der Waals surface area (Å²) in [6, 6.07) is 5.07. The second-order valence-electron chi connectivity index (χ2n) is 5.17. The minimum Gasteiger partial charge on any atom is -0.366 e. The number of nitrogens with two attached hydrogens (primary N) is 1. The Hall–Kier alpha value is -2.76. The van der Waals surface area contributed by atoms with Crippen LogP contribution in [0.2, 0.25) is 0 Å². The smallest absolute Gasteiger partial charge is 0.250 e. The normalized spacial score (nSPS) is 13.4. The van der Waals surface area contributed by atoms with Crippen molar-refractivity contribution in [2.24, 2.45) is 5.73 Å². The summed E-state index contributed by atoms with van der Waals surface area (Å²) < 4.78 is 13.4. The molecule has 0 unspecified atom stereocenters. The second-order valence-corrected chi connectivity index (χ2v) is 5.17. The van der Waals surface area contributed by atoms with E-state index >= 15 is 0 Å². The van der Waals surface area contributed by atoms with Gasteiger partial charge >= 0.3 is 0 Å². The third kappa shape index (κ3) is 2.55. The first kappa shape index (κ1) is 14.2. The van der Waals surface area contributed by atoms with Gasteiger partial charge in [-0.2, -0.15) is 0 Å². The number of hydrogen-bond acceptors (Lipinski definition) is 3. The molecule has 0 spiro atoms. The number of nitrogens with one attached hydrogen (secondary N) is 1. The number of carbonyl (C=O) groups is 2. The molecule has 2 aromatic rings. The van der Waals surface area contributed by atoms with Crippen LogP contribution in [0.25, 0.3) is 11.1 Å². The van der Waals surface area contributed by atoms with Crippen LogP contribution >= 0.6 is 0 Å². The summed E-state index contributed by atoms with van der Waals surface area (Å²) in [5, 5.41) is 2.75. The van der Waals surface area contributed by atoms with Gasteiger partial charge in [0.2, 0.25) is 11.8 Å². The first-order chi connectivity index (χ1) is 10.6. The van der Waals surface area contributed by atoms with E-state index in [9.17, 15) is 14.0 Å².